The molecule has 4 rings (SSSR count). The minimum Gasteiger partial charge on any atom is -0.441 e. The first-order chi connectivity index (χ1) is 16.2. The van der Waals surface area contributed by atoms with Crippen molar-refractivity contribution in [2.24, 2.45) is 5.92 Å². The van der Waals surface area contributed by atoms with Crippen LogP contribution in [0.3, 0.4) is 0 Å². The lowest BCUT2D eigenvalue weighted by molar-refractivity contribution is -0.154. The van der Waals surface area contributed by atoms with E-state index in [2.05, 4.69) is 5.32 Å². The molecule has 0 radical (unpaired) electrons. The van der Waals surface area contributed by atoms with Crippen molar-refractivity contribution in [3.05, 3.63) is 35.9 Å². The topological polar surface area (TPSA) is 136 Å². The van der Waals surface area contributed by atoms with Gasteiger partial charge in [0.1, 0.15) is 0 Å². The number of amides is 3. The third-order valence-corrected chi connectivity index (χ3v) is 6.78. The van der Waals surface area contributed by atoms with Crippen LogP contribution in [0.25, 0.3) is 0 Å². The summed E-state index contributed by atoms with van der Waals surface area (Å²) in [7, 11) is 0. The number of nitrogens with zero attached hydrogens (tertiary/aromatic N) is 2. The molecule has 1 unspecified atom stereocenters. The number of fused-ring (bicyclic) bond motifs is 1. The molecule has 1 aromatic carbocycles. The molecule has 0 bridgehead atoms. The number of hydrogen-bond acceptors (Lipinski definition) is 7. The molecule has 0 aliphatic carbocycles. The molecule has 182 valence electrons. The third-order valence-electron chi connectivity index (χ3n) is 6.78. The summed E-state index contributed by atoms with van der Waals surface area (Å²) in [5, 5.41) is 23.5. The fraction of sp³-hybridized carbons (Fsp3) is 0.500. The monoisotopic (exact) mass is 471 g/mol. The molecular weight excluding hydrogens is 442 g/mol. The molecule has 3 N–H and O–H groups in total. The molecule has 2 saturated heterocycles. The molecule has 3 amide bonds. The van der Waals surface area contributed by atoms with E-state index in [0.29, 0.717) is 23.5 Å². The summed E-state index contributed by atoms with van der Waals surface area (Å²) >= 11 is 0. The Hall–Kier alpha value is -3.24. The standard InChI is InChI=1S/C24H29N3O7/c1-14(5-3-7-20(30)26-10-4-6-17(26)13-28)24(33)18-11-16(8-9-19(18)25-23(24)32)27-21(31)12-22(27)34-15(2)29/h3,5,8-9,11,14,17,22,28,33H,4,6-7,10,12-13H2,1-2H3,(H,25,32)/b5-3+/t14-,17-,22?,24+/m0/s1. The van der Waals surface area contributed by atoms with Gasteiger partial charge >= 0.3 is 5.97 Å². The lowest BCUT2D eigenvalue weighted by atomic mass is 9.82. The van der Waals surface area contributed by atoms with Gasteiger partial charge < -0.3 is 25.2 Å². The maximum absolute atomic E-state index is 12.8. The number of nitrogens with one attached hydrogen (secondary N) is 1. The summed E-state index contributed by atoms with van der Waals surface area (Å²) in [6.45, 7) is 3.48. The zero-order valence-electron chi connectivity index (χ0n) is 19.2. The normalized spacial score (nSPS) is 26.9. The van der Waals surface area contributed by atoms with Crippen molar-refractivity contribution in [2.45, 2.75) is 57.4 Å². The Bertz CT molecular complexity index is 1060. The summed E-state index contributed by atoms with van der Waals surface area (Å²) in [5.41, 5.74) is -0.768. The predicted molar refractivity (Wildman–Crippen MR) is 121 cm³/mol. The van der Waals surface area contributed by atoms with Gasteiger partial charge in [0.05, 0.1) is 19.1 Å². The van der Waals surface area contributed by atoms with Gasteiger partial charge in [-0.15, -0.1) is 0 Å². The fourth-order valence-corrected chi connectivity index (χ4v) is 4.87. The van der Waals surface area contributed by atoms with Crippen LogP contribution < -0.4 is 10.2 Å². The number of β-lactam (4-membered cyclic amide) rings is 1. The number of hydrogen-bond donors (Lipinski definition) is 3. The highest BCUT2D eigenvalue weighted by Gasteiger charge is 2.49. The van der Waals surface area contributed by atoms with Gasteiger partial charge in [0.15, 0.2) is 11.8 Å². The highest BCUT2D eigenvalue weighted by Crippen LogP contribution is 2.44. The Labute approximate surface area is 197 Å². The molecule has 34 heavy (non-hydrogen) atoms. The number of likely N-dealkylation sites (tertiary alicyclic amines) is 1. The van der Waals surface area contributed by atoms with Crippen molar-refractivity contribution in [2.75, 3.05) is 23.4 Å². The zero-order chi connectivity index (χ0) is 24.6. The first-order valence-corrected chi connectivity index (χ1v) is 11.4. The van der Waals surface area contributed by atoms with Gasteiger partial charge in [0, 0.05) is 42.7 Å². The van der Waals surface area contributed by atoms with Crippen molar-refractivity contribution >= 4 is 35.1 Å². The summed E-state index contributed by atoms with van der Waals surface area (Å²) < 4.78 is 5.16. The van der Waals surface area contributed by atoms with Crippen molar-refractivity contribution < 1.29 is 34.1 Å². The number of aliphatic hydroxyl groups excluding tert-OH is 1. The van der Waals surface area contributed by atoms with E-state index in [1.807, 2.05) is 0 Å². The Morgan fingerprint density at radius 3 is 2.79 bits per heavy atom. The number of rotatable bonds is 7. The number of esters is 1. The molecule has 10 heteroatoms. The van der Waals surface area contributed by atoms with Gasteiger partial charge in [0.2, 0.25) is 11.8 Å². The first kappa shape index (κ1) is 23.9. The highest BCUT2D eigenvalue weighted by atomic mass is 16.6. The van der Waals surface area contributed by atoms with Gasteiger partial charge in [-0.3, -0.25) is 24.1 Å². The van der Waals surface area contributed by atoms with Gasteiger partial charge in [-0.05, 0) is 31.0 Å². The van der Waals surface area contributed by atoms with Gasteiger partial charge in [-0.1, -0.05) is 19.1 Å². The van der Waals surface area contributed by atoms with E-state index in [1.165, 1.54) is 11.8 Å². The molecule has 10 nitrogen and oxygen atoms in total. The van der Waals surface area contributed by atoms with Crippen LogP contribution in [0.1, 0.15) is 45.1 Å². The average molecular weight is 472 g/mol. The summed E-state index contributed by atoms with van der Waals surface area (Å²) in [6, 6.07) is 4.60. The number of benzene rings is 1. The molecule has 0 saturated carbocycles. The lowest BCUT2D eigenvalue weighted by Crippen LogP contribution is -2.55. The quantitative estimate of drug-likeness (QED) is 0.307. The maximum atomic E-state index is 12.8. The van der Waals surface area contributed by atoms with E-state index in [4.69, 9.17) is 4.74 Å². The van der Waals surface area contributed by atoms with Crippen molar-refractivity contribution in [3.8, 4) is 0 Å². The van der Waals surface area contributed by atoms with Crippen molar-refractivity contribution in [1.29, 1.82) is 0 Å². The first-order valence-electron chi connectivity index (χ1n) is 11.4. The smallest absolute Gasteiger partial charge is 0.304 e. The SMILES string of the molecule is CC(=O)OC1CC(=O)N1c1ccc2c(c1)[C@](O)([C@@H](C)/C=C/CC(=O)N1CCC[C@H]1CO)C(=O)N2. The predicted octanol–water partition coefficient (Wildman–Crippen LogP) is 1.02. The van der Waals surface area contributed by atoms with Crippen LogP contribution in [-0.2, 0) is 29.5 Å². The van der Waals surface area contributed by atoms with E-state index in [-0.39, 0.29) is 37.3 Å². The Balaban J connectivity index is 1.52. The minimum absolute atomic E-state index is 0.0667. The van der Waals surface area contributed by atoms with E-state index < -0.39 is 29.6 Å². The van der Waals surface area contributed by atoms with Crippen LogP contribution in [0.4, 0.5) is 11.4 Å². The van der Waals surface area contributed by atoms with E-state index >= 15 is 0 Å². The molecular formula is C24H29N3O7. The van der Waals surface area contributed by atoms with Crippen LogP contribution in [-0.4, -0.2) is 64.2 Å². The van der Waals surface area contributed by atoms with Gasteiger partial charge in [-0.2, -0.15) is 0 Å². The molecule has 1 aromatic rings. The molecule has 0 aromatic heterocycles. The Kier molecular flexibility index (Phi) is 6.46. The second kappa shape index (κ2) is 9.19. The van der Waals surface area contributed by atoms with E-state index in [0.717, 1.165) is 12.8 Å². The summed E-state index contributed by atoms with van der Waals surface area (Å²) in [5.74, 6) is -2.14. The van der Waals surface area contributed by atoms with Crippen LogP contribution in [0.5, 0.6) is 0 Å². The van der Waals surface area contributed by atoms with E-state index in [9.17, 15) is 29.4 Å². The fourth-order valence-electron chi connectivity index (χ4n) is 4.87. The van der Waals surface area contributed by atoms with Crippen LogP contribution in [0, 0.1) is 5.92 Å². The minimum atomic E-state index is -1.91. The number of anilines is 2. The van der Waals surface area contributed by atoms with Crippen molar-refractivity contribution in [3.63, 3.8) is 0 Å². The van der Waals surface area contributed by atoms with Crippen LogP contribution in [0.15, 0.2) is 30.4 Å². The van der Waals surface area contributed by atoms with Gasteiger partial charge in [-0.25, -0.2) is 0 Å². The molecule has 0 spiro atoms. The second-order valence-electron chi connectivity index (χ2n) is 8.97. The molecule has 3 aliphatic rings. The number of aliphatic hydroxyl groups is 2. The Morgan fingerprint density at radius 1 is 1.35 bits per heavy atom. The molecule has 2 fully saturated rings. The molecule has 3 heterocycles. The summed E-state index contributed by atoms with van der Waals surface area (Å²) in [4.78, 5) is 51.7. The van der Waals surface area contributed by atoms with Gasteiger partial charge in [0.25, 0.3) is 5.91 Å². The largest absolute Gasteiger partial charge is 0.441 e. The molecule has 3 aliphatic heterocycles. The molecule has 4 atom stereocenters. The van der Waals surface area contributed by atoms with E-state index in [1.54, 1.807) is 42.2 Å². The number of carbonyl (C=O) groups excluding carboxylic acids is 4. The zero-order valence-corrected chi connectivity index (χ0v) is 19.2. The second-order valence-corrected chi connectivity index (χ2v) is 8.97. The Morgan fingerprint density at radius 2 is 2.12 bits per heavy atom. The summed E-state index contributed by atoms with van der Waals surface area (Å²) in [6.07, 6.45) is 4.32. The number of ether oxygens (including phenoxy) is 1. The maximum Gasteiger partial charge on any atom is 0.304 e. The van der Waals surface area contributed by atoms with Crippen molar-refractivity contribution in [1.82, 2.24) is 4.90 Å². The van der Waals surface area contributed by atoms with Crippen LogP contribution >= 0.6 is 0 Å². The number of carbonyl (C=O) groups is 4. The third kappa shape index (κ3) is 4.07. The highest BCUT2D eigenvalue weighted by molar-refractivity contribution is 6.07. The lowest BCUT2D eigenvalue weighted by Gasteiger charge is -2.39. The van der Waals surface area contributed by atoms with Crippen LogP contribution in [0.2, 0.25) is 0 Å². The average Bonchev–Trinajstić information content (AvgIpc) is 3.36.